The van der Waals surface area contributed by atoms with E-state index in [1.807, 2.05) is 44.2 Å². The van der Waals surface area contributed by atoms with Gasteiger partial charge < -0.3 is 10.4 Å². The van der Waals surface area contributed by atoms with E-state index in [1.54, 1.807) is 0 Å². The monoisotopic (exact) mass is 257 g/mol. The van der Waals surface area contributed by atoms with Gasteiger partial charge in [0.25, 0.3) is 0 Å². The van der Waals surface area contributed by atoms with Gasteiger partial charge in [-0.05, 0) is 12.1 Å². The molecule has 1 aromatic heterocycles. The molecular formula is C14H15N3O2. The molecule has 0 amide bonds. The molecule has 0 unspecified atom stereocenters. The molecule has 0 aliphatic carbocycles. The van der Waals surface area contributed by atoms with Gasteiger partial charge in [0.2, 0.25) is 0 Å². The summed E-state index contributed by atoms with van der Waals surface area (Å²) < 4.78 is 0. The molecule has 0 radical (unpaired) electrons. The smallest absolute Gasteiger partial charge is 0.354 e. The number of anilines is 2. The van der Waals surface area contributed by atoms with Crippen molar-refractivity contribution in [2.45, 2.75) is 19.8 Å². The SMILES string of the molecule is CC(C)c1nc(Nc2ccccc2)cc(C(=O)O)n1. The number of hydrogen-bond acceptors (Lipinski definition) is 4. The van der Waals surface area contributed by atoms with Gasteiger partial charge in [-0.3, -0.25) is 0 Å². The van der Waals surface area contributed by atoms with E-state index in [4.69, 9.17) is 5.11 Å². The first-order valence-electron chi connectivity index (χ1n) is 6.00. The zero-order chi connectivity index (χ0) is 13.8. The molecule has 5 nitrogen and oxygen atoms in total. The number of nitrogens with one attached hydrogen (secondary N) is 1. The van der Waals surface area contributed by atoms with E-state index in [9.17, 15) is 4.79 Å². The Morgan fingerprint density at radius 3 is 2.47 bits per heavy atom. The Labute approximate surface area is 111 Å². The van der Waals surface area contributed by atoms with Crippen LogP contribution in [0.25, 0.3) is 0 Å². The van der Waals surface area contributed by atoms with Crippen molar-refractivity contribution in [2.24, 2.45) is 0 Å². The molecule has 0 atom stereocenters. The fraction of sp³-hybridized carbons (Fsp3) is 0.214. The number of nitrogens with zero attached hydrogens (tertiary/aromatic N) is 2. The number of rotatable bonds is 4. The van der Waals surface area contributed by atoms with Crippen molar-refractivity contribution >= 4 is 17.5 Å². The third-order valence-corrected chi connectivity index (χ3v) is 2.53. The highest BCUT2D eigenvalue weighted by atomic mass is 16.4. The zero-order valence-electron chi connectivity index (χ0n) is 10.8. The number of benzene rings is 1. The molecule has 98 valence electrons. The molecule has 2 rings (SSSR count). The second-order valence-electron chi connectivity index (χ2n) is 4.45. The van der Waals surface area contributed by atoms with Crippen molar-refractivity contribution in [3.05, 3.63) is 47.9 Å². The molecule has 2 aromatic rings. The van der Waals surface area contributed by atoms with E-state index in [2.05, 4.69) is 15.3 Å². The molecular weight excluding hydrogens is 242 g/mol. The molecule has 0 spiro atoms. The molecule has 0 aliphatic heterocycles. The molecule has 19 heavy (non-hydrogen) atoms. The van der Waals surface area contributed by atoms with E-state index in [0.717, 1.165) is 5.69 Å². The highest BCUT2D eigenvalue weighted by molar-refractivity contribution is 5.86. The fourth-order valence-corrected chi connectivity index (χ4v) is 1.57. The maximum atomic E-state index is 11.1. The van der Waals surface area contributed by atoms with Crippen LogP contribution in [0.5, 0.6) is 0 Å². The number of aromatic carboxylic acids is 1. The number of para-hydroxylation sites is 1. The first-order chi connectivity index (χ1) is 9.06. The van der Waals surface area contributed by atoms with Crippen molar-refractivity contribution in [3.8, 4) is 0 Å². The Balaban J connectivity index is 2.36. The fourth-order valence-electron chi connectivity index (χ4n) is 1.57. The van der Waals surface area contributed by atoms with Gasteiger partial charge in [0, 0.05) is 17.7 Å². The maximum absolute atomic E-state index is 11.1. The van der Waals surface area contributed by atoms with Gasteiger partial charge in [-0.15, -0.1) is 0 Å². The minimum Gasteiger partial charge on any atom is -0.477 e. The van der Waals surface area contributed by atoms with E-state index in [-0.39, 0.29) is 11.6 Å². The van der Waals surface area contributed by atoms with Crippen molar-refractivity contribution in [1.29, 1.82) is 0 Å². The van der Waals surface area contributed by atoms with E-state index < -0.39 is 5.97 Å². The summed E-state index contributed by atoms with van der Waals surface area (Å²) in [6.07, 6.45) is 0. The van der Waals surface area contributed by atoms with Crippen molar-refractivity contribution in [1.82, 2.24) is 9.97 Å². The number of carboxylic acid groups (broad SMARTS) is 1. The first kappa shape index (κ1) is 13.0. The largest absolute Gasteiger partial charge is 0.477 e. The van der Waals surface area contributed by atoms with Crippen molar-refractivity contribution in [2.75, 3.05) is 5.32 Å². The van der Waals surface area contributed by atoms with Gasteiger partial charge in [0.1, 0.15) is 11.6 Å². The Morgan fingerprint density at radius 1 is 1.21 bits per heavy atom. The summed E-state index contributed by atoms with van der Waals surface area (Å²) in [5.41, 5.74) is 0.851. The summed E-state index contributed by atoms with van der Waals surface area (Å²) in [4.78, 5) is 19.4. The quantitative estimate of drug-likeness (QED) is 0.880. The molecule has 2 N–H and O–H groups in total. The Morgan fingerprint density at radius 2 is 1.89 bits per heavy atom. The second kappa shape index (κ2) is 5.48. The number of aromatic nitrogens is 2. The predicted molar refractivity (Wildman–Crippen MR) is 72.8 cm³/mol. The normalized spacial score (nSPS) is 10.5. The maximum Gasteiger partial charge on any atom is 0.354 e. The van der Waals surface area contributed by atoms with Crippen LogP contribution in [0.3, 0.4) is 0 Å². The Bertz CT molecular complexity index is 582. The summed E-state index contributed by atoms with van der Waals surface area (Å²) in [7, 11) is 0. The van der Waals surface area contributed by atoms with Gasteiger partial charge in [0.05, 0.1) is 0 Å². The minimum atomic E-state index is -1.06. The van der Waals surface area contributed by atoms with E-state index in [0.29, 0.717) is 11.6 Å². The highest BCUT2D eigenvalue weighted by Crippen LogP contribution is 2.18. The standard InChI is InChI=1S/C14H15N3O2/c1-9(2)13-16-11(14(18)19)8-12(17-13)15-10-6-4-3-5-7-10/h3-9H,1-2H3,(H,18,19)(H,15,16,17). The molecule has 0 saturated heterocycles. The molecule has 5 heteroatoms. The summed E-state index contributed by atoms with van der Waals surface area (Å²) in [5, 5.41) is 12.1. The van der Waals surface area contributed by atoms with Crippen LogP contribution in [0, 0.1) is 0 Å². The topological polar surface area (TPSA) is 75.1 Å². The summed E-state index contributed by atoms with van der Waals surface area (Å²) in [6, 6.07) is 10.9. The predicted octanol–water partition coefficient (Wildman–Crippen LogP) is 3.04. The van der Waals surface area contributed by atoms with Crippen LogP contribution < -0.4 is 5.32 Å². The van der Waals surface area contributed by atoms with Crippen LogP contribution in [0.2, 0.25) is 0 Å². The average Bonchev–Trinajstić information content (AvgIpc) is 2.39. The summed E-state index contributed by atoms with van der Waals surface area (Å²) in [5.74, 6) is 0.0108. The van der Waals surface area contributed by atoms with Gasteiger partial charge in [-0.2, -0.15) is 0 Å². The third kappa shape index (κ3) is 3.28. The zero-order valence-corrected chi connectivity index (χ0v) is 10.8. The Kier molecular flexibility index (Phi) is 3.75. The minimum absolute atomic E-state index is 0.00266. The van der Waals surface area contributed by atoms with Crippen molar-refractivity contribution < 1.29 is 9.90 Å². The average molecular weight is 257 g/mol. The van der Waals surface area contributed by atoms with Gasteiger partial charge in [-0.25, -0.2) is 14.8 Å². The lowest BCUT2D eigenvalue weighted by Gasteiger charge is -2.10. The summed E-state index contributed by atoms with van der Waals surface area (Å²) in [6.45, 7) is 3.85. The van der Waals surface area contributed by atoms with Gasteiger partial charge in [0.15, 0.2) is 5.69 Å². The van der Waals surface area contributed by atoms with E-state index >= 15 is 0 Å². The van der Waals surface area contributed by atoms with Crippen LogP contribution in [-0.4, -0.2) is 21.0 Å². The van der Waals surface area contributed by atoms with Gasteiger partial charge >= 0.3 is 5.97 Å². The number of carboxylic acids is 1. The van der Waals surface area contributed by atoms with Crippen LogP contribution in [0.4, 0.5) is 11.5 Å². The molecule has 0 bridgehead atoms. The van der Waals surface area contributed by atoms with Crippen LogP contribution in [-0.2, 0) is 0 Å². The molecule has 0 saturated carbocycles. The van der Waals surface area contributed by atoms with Crippen molar-refractivity contribution in [3.63, 3.8) is 0 Å². The molecule has 0 aliphatic rings. The molecule has 1 aromatic carbocycles. The number of hydrogen-bond donors (Lipinski definition) is 2. The lowest BCUT2D eigenvalue weighted by Crippen LogP contribution is -2.08. The first-order valence-corrected chi connectivity index (χ1v) is 6.00. The van der Waals surface area contributed by atoms with E-state index in [1.165, 1.54) is 6.07 Å². The van der Waals surface area contributed by atoms with Crippen LogP contribution in [0.1, 0.15) is 36.1 Å². The third-order valence-electron chi connectivity index (χ3n) is 2.53. The van der Waals surface area contributed by atoms with Gasteiger partial charge in [-0.1, -0.05) is 32.0 Å². The molecule has 1 heterocycles. The lowest BCUT2D eigenvalue weighted by molar-refractivity contribution is 0.0690. The highest BCUT2D eigenvalue weighted by Gasteiger charge is 2.12. The Hall–Kier alpha value is -2.43. The second-order valence-corrected chi connectivity index (χ2v) is 4.45. The van der Waals surface area contributed by atoms with Crippen LogP contribution >= 0.6 is 0 Å². The summed E-state index contributed by atoms with van der Waals surface area (Å²) >= 11 is 0. The molecule has 0 fully saturated rings. The van der Waals surface area contributed by atoms with Crippen LogP contribution in [0.15, 0.2) is 36.4 Å². The number of carbonyl (C=O) groups is 1. The lowest BCUT2D eigenvalue weighted by atomic mass is 10.2.